The fraction of sp³-hybridized carbons (Fsp3) is 0.588. The molecule has 0 aliphatic carbocycles. The Hall–Kier alpha value is -1.39. The topological polar surface area (TPSA) is 41.6 Å². The van der Waals surface area contributed by atoms with Crippen LogP contribution in [0.4, 0.5) is 0 Å². The molecule has 4 nitrogen and oxygen atoms in total. The second-order valence-corrected chi connectivity index (χ2v) is 4.93. The molecule has 0 bridgehead atoms. The lowest BCUT2D eigenvalue weighted by molar-refractivity contribution is 0.0374. The van der Waals surface area contributed by atoms with Crippen molar-refractivity contribution in [1.29, 1.82) is 0 Å². The third kappa shape index (κ3) is 6.74. The third-order valence-corrected chi connectivity index (χ3v) is 3.32. The van der Waals surface area contributed by atoms with Crippen LogP contribution in [0.1, 0.15) is 36.2 Å². The molecule has 21 heavy (non-hydrogen) atoms. The van der Waals surface area contributed by atoms with E-state index in [1.165, 1.54) is 0 Å². The standard InChI is InChI=1S/C15H22N2O2.C2H6/c1-13-4-2-5-14(12-13)15(18)16-6-3-7-17-8-10-19-11-9-17;1-2/h2,4-5,12H,3,6-11H2,1H3,(H,16,18);1-2H3. The van der Waals surface area contributed by atoms with Gasteiger partial charge in [-0.05, 0) is 32.0 Å². The number of amides is 1. The lowest BCUT2D eigenvalue weighted by Crippen LogP contribution is -2.38. The Morgan fingerprint density at radius 2 is 2.00 bits per heavy atom. The van der Waals surface area contributed by atoms with Gasteiger partial charge >= 0.3 is 0 Å². The normalized spacial score (nSPS) is 15.0. The lowest BCUT2D eigenvalue weighted by atomic mass is 10.1. The highest BCUT2D eigenvalue weighted by Crippen LogP contribution is 2.03. The van der Waals surface area contributed by atoms with Gasteiger partial charge in [-0.15, -0.1) is 0 Å². The van der Waals surface area contributed by atoms with Crippen molar-refractivity contribution in [2.75, 3.05) is 39.4 Å². The van der Waals surface area contributed by atoms with Crippen molar-refractivity contribution in [2.45, 2.75) is 27.2 Å². The highest BCUT2D eigenvalue weighted by atomic mass is 16.5. The Balaban J connectivity index is 0.00000106. The minimum Gasteiger partial charge on any atom is -0.379 e. The van der Waals surface area contributed by atoms with Gasteiger partial charge < -0.3 is 10.1 Å². The van der Waals surface area contributed by atoms with Crippen molar-refractivity contribution in [1.82, 2.24) is 10.2 Å². The molecule has 1 aromatic rings. The number of hydrogen-bond acceptors (Lipinski definition) is 3. The predicted molar refractivity (Wildman–Crippen MR) is 86.7 cm³/mol. The predicted octanol–water partition coefficient (Wildman–Crippen LogP) is 2.47. The molecule has 0 saturated carbocycles. The van der Waals surface area contributed by atoms with E-state index >= 15 is 0 Å². The maximum Gasteiger partial charge on any atom is 0.251 e. The summed E-state index contributed by atoms with van der Waals surface area (Å²) in [6.07, 6.45) is 0.984. The largest absolute Gasteiger partial charge is 0.379 e. The Morgan fingerprint density at radius 1 is 1.29 bits per heavy atom. The lowest BCUT2D eigenvalue weighted by Gasteiger charge is -2.26. The van der Waals surface area contributed by atoms with Crippen LogP contribution < -0.4 is 5.32 Å². The molecule has 1 aliphatic heterocycles. The van der Waals surface area contributed by atoms with Crippen molar-refractivity contribution in [3.05, 3.63) is 35.4 Å². The number of nitrogens with one attached hydrogen (secondary N) is 1. The van der Waals surface area contributed by atoms with Gasteiger partial charge in [-0.1, -0.05) is 31.5 Å². The highest BCUT2D eigenvalue weighted by Gasteiger charge is 2.10. The zero-order valence-corrected chi connectivity index (χ0v) is 13.5. The van der Waals surface area contributed by atoms with E-state index in [0.29, 0.717) is 0 Å². The second kappa shape index (κ2) is 10.4. The third-order valence-electron chi connectivity index (χ3n) is 3.32. The fourth-order valence-electron chi connectivity index (χ4n) is 2.22. The van der Waals surface area contributed by atoms with Crippen LogP contribution in [-0.2, 0) is 4.74 Å². The molecule has 2 rings (SSSR count). The number of hydrogen-bond donors (Lipinski definition) is 1. The first-order valence-corrected chi connectivity index (χ1v) is 7.91. The molecule has 0 unspecified atom stereocenters. The number of rotatable bonds is 5. The van der Waals surface area contributed by atoms with E-state index in [-0.39, 0.29) is 5.91 Å². The average Bonchev–Trinajstić information content (AvgIpc) is 2.54. The first kappa shape index (κ1) is 17.7. The van der Waals surface area contributed by atoms with Crippen LogP contribution in [0.15, 0.2) is 24.3 Å². The first-order chi connectivity index (χ1) is 10.3. The van der Waals surface area contributed by atoms with Gasteiger partial charge in [-0.3, -0.25) is 9.69 Å². The molecule has 118 valence electrons. The van der Waals surface area contributed by atoms with Gasteiger partial charge in [-0.2, -0.15) is 0 Å². The zero-order valence-electron chi connectivity index (χ0n) is 13.5. The number of benzene rings is 1. The highest BCUT2D eigenvalue weighted by molar-refractivity contribution is 5.94. The number of ether oxygens (including phenoxy) is 1. The number of morpholine rings is 1. The van der Waals surface area contributed by atoms with Crippen LogP contribution in [-0.4, -0.2) is 50.2 Å². The summed E-state index contributed by atoms with van der Waals surface area (Å²) in [5, 5.41) is 2.97. The molecule has 1 fully saturated rings. The molecule has 1 amide bonds. The second-order valence-electron chi connectivity index (χ2n) is 4.93. The minimum atomic E-state index is 0.0191. The van der Waals surface area contributed by atoms with E-state index < -0.39 is 0 Å². The summed E-state index contributed by atoms with van der Waals surface area (Å²) < 4.78 is 5.30. The number of aryl methyl sites for hydroxylation is 1. The summed E-state index contributed by atoms with van der Waals surface area (Å²) >= 11 is 0. The molecule has 1 saturated heterocycles. The van der Waals surface area contributed by atoms with Gasteiger partial charge in [0.2, 0.25) is 0 Å². The minimum absolute atomic E-state index is 0.0191. The van der Waals surface area contributed by atoms with Crippen molar-refractivity contribution in [3.63, 3.8) is 0 Å². The molecule has 1 N–H and O–H groups in total. The Morgan fingerprint density at radius 3 is 2.67 bits per heavy atom. The summed E-state index contributed by atoms with van der Waals surface area (Å²) in [4.78, 5) is 14.3. The summed E-state index contributed by atoms with van der Waals surface area (Å²) in [6, 6.07) is 7.68. The molecule has 1 aromatic carbocycles. The summed E-state index contributed by atoms with van der Waals surface area (Å²) in [6.45, 7) is 11.4. The van der Waals surface area contributed by atoms with E-state index in [0.717, 1.165) is 56.9 Å². The van der Waals surface area contributed by atoms with Crippen LogP contribution in [0.25, 0.3) is 0 Å². The van der Waals surface area contributed by atoms with E-state index in [2.05, 4.69) is 10.2 Å². The van der Waals surface area contributed by atoms with Crippen molar-refractivity contribution in [3.8, 4) is 0 Å². The van der Waals surface area contributed by atoms with Crippen molar-refractivity contribution in [2.24, 2.45) is 0 Å². The summed E-state index contributed by atoms with van der Waals surface area (Å²) in [7, 11) is 0. The van der Waals surface area contributed by atoms with Crippen LogP contribution in [0.3, 0.4) is 0 Å². The van der Waals surface area contributed by atoms with Gasteiger partial charge in [0.1, 0.15) is 0 Å². The van der Waals surface area contributed by atoms with E-state index in [1.54, 1.807) is 0 Å². The van der Waals surface area contributed by atoms with E-state index in [1.807, 2.05) is 45.0 Å². The summed E-state index contributed by atoms with van der Waals surface area (Å²) in [5.41, 5.74) is 1.85. The van der Waals surface area contributed by atoms with Crippen molar-refractivity contribution >= 4 is 5.91 Å². The average molecular weight is 292 g/mol. The van der Waals surface area contributed by atoms with Gasteiger partial charge in [0.05, 0.1) is 13.2 Å². The molecule has 0 radical (unpaired) electrons. The van der Waals surface area contributed by atoms with Crippen LogP contribution >= 0.6 is 0 Å². The van der Waals surface area contributed by atoms with E-state index in [9.17, 15) is 4.79 Å². The molecule has 1 aliphatic rings. The molecule has 4 heteroatoms. The summed E-state index contributed by atoms with van der Waals surface area (Å²) in [5.74, 6) is 0.0191. The van der Waals surface area contributed by atoms with E-state index in [4.69, 9.17) is 4.74 Å². The maximum atomic E-state index is 11.9. The van der Waals surface area contributed by atoms with Gasteiger partial charge in [0.25, 0.3) is 5.91 Å². The first-order valence-electron chi connectivity index (χ1n) is 7.91. The Labute approximate surface area is 128 Å². The number of carbonyl (C=O) groups is 1. The molecule has 1 heterocycles. The Bertz CT molecular complexity index is 415. The molecular weight excluding hydrogens is 264 g/mol. The van der Waals surface area contributed by atoms with Crippen LogP contribution in [0.5, 0.6) is 0 Å². The van der Waals surface area contributed by atoms with Crippen LogP contribution in [0, 0.1) is 6.92 Å². The van der Waals surface area contributed by atoms with Gasteiger partial charge in [0, 0.05) is 25.2 Å². The molecular formula is C17H28N2O2. The SMILES string of the molecule is CC.Cc1cccc(C(=O)NCCCN2CCOCC2)c1. The van der Waals surface area contributed by atoms with Gasteiger partial charge in [-0.25, -0.2) is 0 Å². The van der Waals surface area contributed by atoms with Crippen molar-refractivity contribution < 1.29 is 9.53 Å². The fourth-order valence-corrected chi connectivity index (χ4v) is 2.22. The smallest absolute Gasteiger partial charge is 0.251 e. The molecule has 0 spiro atoms. The zero-order chi connectivity index (χ0) is 15.5. The quantitative estimate of drug-likeness (QED) is 0.848. The monoisotopic (exact) mass is 292 g/mol. The van der Waals surface area contributed by atoms with Crippen LogP contribution in [0.2, 0.25) is 0 Å². The maximum absolute atomic E-state index is 11.9. The Kier molecular flexibility index (Phi) is 8.71. The molecule has 0 aromatic heterocycles. The number of nitrogens with zero attached hydrogens (tertiary/aromatic N) is 1. The molecule has 0 atom stereocenters. The number of carbonyl (C=O) groups excluding carboxylic acids is 1. The van der Waals surface area contributed by atoms with Gasteiger partial charge in [0.15, 0.2) is 0 Å².